The summed E-state index contributed by atoms with van der Waals surface area (Å²) in [5.41, 5.74) is -0.0926. The van der Waals surface area contributed by atoms with E-state index in [1.54, 1.807) is 6.92 Å². The molecule has 0 aliphatic rings. The Bertz CT molecular complexity index is 931. The third-order valence-electron chi connectivity index (χ3n) is 4.27. The average molecular weight is 428 g/mol. The van der Waals surface area contributed by atoms with Crippen molar-refractivity contribution in [1.82, 2.24) is 5.32 Å². The van der Waals surface area contributed by atoms with E-state index in [1.165, 1.54) is 6.07 Å². The number of hydrogen-bond donors (Lipinski definition) is 1. The van der Waals surface area contributed by atoms with Crippen LogP contribution in [0.2, 0.25) is 0 Å². The molecule has 5 nitrogen and oxygen atoms in total. The topological polar surface area (TPSA) is 66.5 Å². The summed E-state index contributed by atoms with van der Waals surface area (Å²) in [4.78, 5) is 12.3. The molecule has 29 heavy (non-hydrogen) atoms. The van der Waals surface area contributed by atoms with Crippen molar-refractivity contribution < 1.29 is 26.4 Å². The van der Waals surface area contributed by atoms with Crippen LogP contribution in [-0.4, -0.2) is 33.2 Å². The molecule has 2 rings (SSSR count). The van der Waals surface area contributed by atoms with Gasteiger partial charge in [-0.05, 0) is 43.5 Å². The molecule has 0 fully saturated rings. The molecule has 0 aliphatic heterocycles. The summed E-state index contributed by atoms with van der Waals surface area (Å²) in [7, 11) is -3.96. The Morgan fingerprint density at radius 2 is 1.76 bits per heavy atom. The Labute approximate surface area is 168 Å². The van der Waals surface area contributed by atoms with Crippen LogP contribution in [0.25, 0.3) is 0 Å². The molecule has 2 aromatic carbocycles. The molecule has 0 aliphatic carbocycles. The van der Waals surface area contributed by atoms with Crippen LogP contribution in [0, 0.1) is 0 Å². The second-order valence-electron chi connectivity index (χ2n) is 6.81. The lowest BCUT2D eigenvalue weighted by Crippen LogP contribution is -2.43. The number of carbonyl (C=O) groups excluding carboxylic acids is 1. The Morgan fingerprint density at radius 3 is 2.34 bits per heavy atom. The zero-order valence-corrected chi connectivity index (χ0v) is 16.9. The molecule has 158 valence electrons. The van der Waals surface area contributed by atoms with Gasteiger partial charge in [0.2, 0.25) is 15.9 Å². The lowest BCUT2D eigenvalue weighted by atomic mass is 10.1. The number of halogens is 3. The third kappa shape index (κ3) is 7.08. The van der Waals surface area contributed by atoms with Crippen molar-refractivity contribution in [3.05, 3.63) is 65.7 Å². The molecular weight excluding hydrogens is 405 g/mol. The maximum atomic E-state index is 12.9. The summed E-state index contributed by atoms with van der Waals surface area (Å²) in [5, 5.41) is 2.70. The number of hydrogen-bond acceptors (Lipinski definition) is 3. The monoisotopic (exact) mass is 428 g/mol. The van der Waals surface area contributed by atoms with Crippen LogP contribution in [0.15, 0.2) is 54.6 Å². The Hall–Kier alpha value is -2.55. The highest BCUT2D eigenvalue weighted by atomic mass is 32.2. The van der Waals surface area contributed by atoms with Crippen molar-refractivity contribution >= 4 is 21.6 Å². The first kappa shape index (κ1) is 22.7. The van der Waals surface area contributed by atoms with E-state index in [0.717, 1.165) is 30.4 Å². The zero-order valence-electron chi connectivity index (χ0n) is 16.1. The maximum absolute atomic E-state index is 12.9. The molecular formula is C20H23F3N2O3S. The Kier molecular flexibility index (Phi) is 7.29. The Balaban J connectivity index is 2.06. The summed E-state index contributed by atoms with van der Waals surface area (Å²) in [6.45, 7) is 1.19. The minimum Gasteiger partial charge on any atom is -0.352 e. The average Bonchev–Trinajstić information content (AvgIpc) is 2.64. The van der Waals surface area contributed by atoms with E-state index in [1.807, 2.05) is 30.3 Å². The van der Waals surface area contributed by atoms with E-state index >= 15 is 0 Å². The van der Waals surface area contributed by atoms with Gasteiger partial charge in [-0.2, -0.15) is 13.2 Å². The quantitative estimate of drug-likeness (QED) is 0.699. The molecule has 0 bridgehead atoms. The lowest BCUT2D eigenvalue weighted by Gasteiger charge is -2.24. The smallest absolute Gasteiger partial charge is 0.352 e. The van der Waals surface area contributed by atoms with E-state index in [0.29, 0.717) is 16.8 Å². The largest absolute Gasteiger partial charge is 0.416 e. The number of nitrogens with one attached hydrogen (secondary N) is 1. The molecule has 1 atom stereocenters. The van der Waals surface area contributed by atoms with Gasteiger partial charge in [-0.15, -0.1) is 0 Å². The van der Waals surface area contributed by atoms with Crippen molar-refractivity contribution in [2.24, 2.45) is 0 Å². The number of sulfonamides is 1. The summed E-state index contributed by atoms with van der Waals surface area (Å²) in [6, 6.07) is 13.3. The molecule has 1 amide bonds. The van der Waals surface area contributed by atoms with Crippen molar-refractivity contribution in [2.45, 2.75) is 32.0 Å². The summed E-state index contributed by atoms with van der Waals surface area (Å²) in [5.74, 6) is -0.589. The van der Waals surface area contributed by atoms with Gasteiger partial charge in [-0.1, -0.05) is 36.4 Å². The van der Waals surface area contributed by atoms with Gasteiger partial charge in [0.1, 0.15) is 6.54 Å². The van der Waals surface area contributed by atoms with Gasteiger partial charge in [0.15, 0.2) is 0 Å². The standard InChI is InChI=1S/C20H23F3N2O3S/c1-15(11-12-16-7-4-3-5-8-16)24-19(26)14-25(29(2,27)28)18-10-6-9-17(13-18)20(21,22)23/h3-10,13,15H,11-12,14H2,1-2H3,(H,24,26)/t15-/m0/s1. The molecule has 0 radical (unpaired) electrons. The predicted molar refractivity (Wildman–Crippen MR) is 106 cm³/mol. The second kappa shape index (κ2) is 9.30. The fraction of sp³-hybridized carbons (Fsp3) is 0.350. The number of anilines is 1. The highest BCUT2D eigenvalue weighted by Crippen LogP contribution is 2.32. The summed E-state index contributed by atoms with van der Waals surface area (Å²) < 4.78 is 63.7. The first-order valence-electron chi connectivity index (χ1n) is 8.95. The van der Waals surface area contributed by atoms with Crippen molar-refractivity contribution in [1.29, 1.82) is 0 Å². The van der Waals surface area contributed by atoms with Gasteiger partial charge in [-0.3, -0.25) is 9.10 Å². The maximum Gasteiger partial charge on any atom is 0.416 e. The molecule has 0 spiro atoms. The third-order valence-corrected chi connectivity index (χ3v) is 5.41. The second-order valence-corrected chi connectivity index (χ2v) is 8.72. The number of amides is 1. The lowest BCUT2D eigenvalue weighted by molar-refractivity contribution is -0.137. The fourth-order valence-corrected chi connectivity index (χ4v) is 3.64. The van der Waals surface area contributed by atoms with Gasteiger partial charge in [-0.25, -0.2) is 8.42 Å². The van der Waals surface area contributed by atoms with E-state index in [4.69, 9.17) is 0 Å². The minimum atomic E-state index is -4.62. The molecule has 0 heterocycles. The fourth-order valence-electron chi connectivity index (χ4n) is 2.79. The minimum absolute atomic E-state index is 0.214. The highest BCUT2D eigenvalue weighted by molar-refractivity contribution is 7.92. The van der Waals surface area contributed by atoms with E-state index in [-0.39, 0.29) is 11.7 Å². The number of aryl methyl sites for hydroxylation is 1. The van der Waals surface area contributed by atoms with E-state index in [2.05, 4.69) is 5.32 Å². The molecule has 0 unspecified atom stereocenters. The number of carbonyl (C=O) groups is 1. The first-order valence-corrected chi connectivity index (χ1v) is 10.8. The van der Waals surface area contributed by atoms with Crippen LogP contribution >= 0.6 is 0 Å². The van der Waals surface area contributed by atoms with Crippen LogP contribution in [0.3, 0.4) is 0 Å². The highest BCUT2D eigenvalue weighted by Gasteiger charge is 2.32. The van der Waals surface area contributed by atoms with E-state index < -0.39 is 34.2 Å². The molecule has 1 N–H and O–H groups in total. The van der Waals surface area contributed by atoms with Gasteiger partial charge >= 0.3 is 6.18 Å². The van der Waals surface area contributed by atoms with Gasteiger partial charge in [0.05, 0.1) is 17.5 Å². The van der Waals surface area contributed by atoms with Crippen LogP contribution in [0.5, 0.6) is 0 Å². The SMILES string of the molecule is C[C@@H](CCc1ccccc1)NC(=O)CN(c1cccc(C(F)(F)F)c1)S(C)(=O)=O. The van der Waals surface area contributed by atoms with Crippen LogP contribution in [-0.2, 0) is 27.4 Å². The summed E-state index contributed by atoms with van der Waals surface area (Å²) in [6.07, 6.45) is -2.41. The molecule has 0 aromatic heterocycles. The van der Waals surface area contributed by atoms with Crippen molar-refractivity contribution in [3.63, 3.8) is 0 Å². The predicted octanol–water partition coefficient (Wildman–Crippen LogP) is 3.61. The normalized spacial score (nSPS) is 13.0. The van der Waals surface area contributed by atoms with E-state index in [9.17, 15) is 26.4 Å². The van der Waals surface area contributed by atoms with Crippen molar-refractivity contribution in [2.75, 3.05) is 17.1 Å². The number of nitrogens with zero attached hydrogens (tertiary/aromatic N) is 1. The van der Waals surface area contributed by atoms with Crippen LogP contribution < -0.4 is 9.62 Å². The molecule has 0 saturated heterocycles. The van der Waals surface area contributed by atoms with Crippen molar-refractivity contribution in [3.8, 4) is 0 Å². The molecule has 2 aromatic rings. The summed E-state index contributed by atoms with van der Waals surface area (Å²) >= 11 is 0. The van der Waals surface area contributed by atoms with Gasteiger partial charge < -0.3 is 5.32 Å². The van der Waals surface area contributed by atoms with Crippen LogP contribution in [0.1, 0.15) is 24.5 Å². The number of rotatable bonds is 8. The van der Waals surface area contributed by atoms with Gasteiger partial charge in [0, 0.05) is 6.04 Å². The first-order chi connectivity index (χ1) is 13.5. The van der Waals surface area contributed by atoms with Gasteiger partial charge in [0.25, 0.3) is 0 Å². The Morgan fingerprint density at radius 1 is 1.10 bits per heavy atom. The number of benzene rings is 2. The van der Waals surface area contributed by atoms with Crippen LogP contribution in [0.4, 0.5) is 18.9 Å². The molecule has 9 heteroatoms. The molecule has 0 saturated carbocycles. The number of alkyl halides is 3. The zero-order chi connectivity index (χ0) is 21.7.